The first-order valence-corrected chi connectivity index (χ1v) is 11.1. The number of rotatable bonds is 7. The van der Waals surface area contributed by atoms with Gasteiger partial charge in [-0.1, -0.05) is 6.92 Å². The molecule has 0 radical (unpaired) electrons. The van der Waals surface area contributed by atoms with Crippen molar-refractivity contribution in [1.82, 2.24) is 4.72 Å². The number of esters is 1. The van der Waals surface area contributed by atoms with Crippen molar-refractivity contribution < 1.29 is 36.3 Å². The Morgan fingerprint density at radius 3 is 2.41 bits per heavy atom. The van der Waals surface area contributed by atoms with Gasteiger partial charge in [0.2, 0.25) is 10.0 Å². The average molecular weight is 464 g/mol. The average Bonchev–Trinajstić information content (AvgIpc) is 3.05. The molecule has 0 bridgehead atoms. The number of nitrogens with one attached hydrogen (secondary N) is 1. The van der Waals surface area contributed by atoms with E-state index in [-0.39, 0.29) is 39.5 Å². The fourth-order valence-electron chi connectivity index (χ4n) is 3.08. The zero-order valence-corrected chi connectivity index (χ0v) is 18.3. The van der Waals surface area contributed by atoms with E-state index in [4.69, 9.17) is 14.9 Å². The topological polar surface area (TPSA) is 138 Å². The van der Waals surface area contributed by atoms with Crippen molar-refractivity contribution in [3.63, 3.8) is 0 Å². The largest absolute Gasteiger partial charge is 0.490 e. The van der Waals surface area contributed by atoms with Gasteiger partial charge in [0.1, 0.15) is 33.4 Å². The molecule has 3 aromatic rings. The van der Waals surface area contributed by atoms with Gasteiger partial charge < -0.3 is 19.6 Å². The molecule has 0 spiro atoms. The number of furan rings is 1. The molecule has 2 aromatic carbocycles. The van der Waals surface area contributed by atoms with E-state index in [0.29, 0.717) is 5.56 Å². The maximum Gasteiger partial charge on any atom is 0.412 e. The third-order valence-electron chi connectivity index (χ3n) is 4.24. The minimum atomic E-state index is -3.97. The number of hydrogen-bond donors (Lipinski definition) is 2. The van der Waals surface area contributed by atoms with Crippen LogP contribution >= 0.6 is 0 Å². The molecule has 1 aromatic heterocycles. The Morgan fingerprint density at radius 2 is 1.84 bits per heavy atom. The minimum absolute atomic E-state index is 0.00771. The lowest BCUT2D eigenvalue weighted by Gasteiger charge is -2.15. The summed E-state index contributed by atoms with van der Waals surface area (Å²) in [7, 11) is -3.97. The van der Waals surface area contributed by atoms with Gasteiger partial charge in [0.05, 0.1) is 6.10 Å². The summed E-state index contributed by atoms with van der Waals surface area (Å²) in [5, 5.41) is 0.127. The summed E-state index contributed by atoms with van der Waals surface area (Å²) in [6, 6.07) is 7.54. The molecular formula is C21H21FN2O7S. The van der Waals surface area contributed by atoms with Gasteiger partial charge in [-0.05, 0) is 44.2 Å². The summed E-state index contributed by atoms with van der Waals surface area (Å²) in [6.07, 6.45) is -1.73. The lowest BCUT2D eigenvalue weighted by atomic mass is 10.1. The van der Waals surface area contributed by atoms with Crippen molar-refractivity contribution in [2.75, 3.05) is 6.54 Å². The van der Waals surface area contributed by atoms with Gasteiger partial charge in [-0.2, -0.15) is 0 Å². The van der Waals surface area contributed by atoms with E-state index in [9.17, 15) is 22.4 Å². The van der Waals surface area contributed by atoms with Crippen LogP contribution in [0.1, 0.15) is 31.1 Å². The second-order valence-electron chi connectivity index (χ2n) is 6.98. The van der Waals surface area contributed by atoms with Crippen LogP contribution in [-0.2, 0) is 14.8 Å². The predicted octanol–water partition coefficient (Wildman–Crippen LogP) is 3.56. The highest BCUT2D eigenvalue weighted by Crippen LogP contribution is 2.39. The summed E-state index contributed by atoms with van der Waals surface area (Å²) < 4.78 is 57.2. The smallest absolute Gasteiger partial charge is 0.412 e. The molecule has 0 unspecified atom stereocenters. The monoisotopic (exact) mass is 464 g/mol. The number of nitrogens with two attached hydrogens (primary N) is 1. The molecule has 170 valence electrons. The second kappa shape index (κ2) is 8.97. The molecule has 0 aliphatic carbocycles. The van der Waals surface area contributed by atoms with E-state index in [1.54, 1.807) is 20.8 Å². The van der Waals surface area contributed by atoms with Crippen LogP contribution in [0.25, 0.3) is 22.3 Å². The van der Waals surface area contributed by atoms with Crippen molar-refractivity contribution in [2.24, 2.45) is 5.73 Å². The van der Waals surface area contributed by atoms with E-state index in [1.807, 2.05) is 0 Å². The molecule has 0 aliphatic heterocycles. The lowest BCUT2D eigenvalue weighted by Crippen LogP contribution is -2.24. The van der Waals surface area contributed by atoms with Crippen molar-refractivity contribution in [3.8, 4) is 17.1 Å². The normalized spacial score (nSPS) is 11.7. The highest BCUT2D eigenvalue weighted by molar-refractivity contribution is 7.89. The molecule has 3 N–H and O–H groups in total. The fraction of sp³-hybridized carbons (Fsp3) is 0.238. The molecule has 1 amide bonds. The number of primary amides is 1. The van der Waals surface area contributed by atoms with Gasteiger partial charge in [0.15, 0.2) is 0 Å². The fourth-order valence-corrected chi connectivity index (χ4v) is 4.25. The first-order valence-electron chi connectivity index (χ1n) is 9.58. The van der Waals surface area contributed by atoms with Crippen LogP contribution in [0.3, 0.4) is 0 Å². The standard InChI is InChI=1S/C21H21FN2O7S/c1-4-24-32(27,28)17-10-15-14(9-16(17)29-11(2)3)18(20(25)31-21(23)26)19(30-15)12-5-7-13(22)8-6-12/h5-11,24H,4H2,1-3H3,(H2,23,26). The zero-order valence-electron chi connectivity index (χ0n) is 17.5. The SMILES string of the molecule is CCNS(=O)(=O)c1cc2oc(-c3ccc(F)cc3)c(C(=O)OC(N)=O)c2cc1OC(C)C. The molecule has 0 saturated carbocycles. The number of benzene rings is 2. The zero-order chi connectivity index (χ0) is 23.6. The van der Waals surface area contributed by atoms with Gasteiger partial charge in [0.25, 0.3) is 0 Å². The molecule has 0 atom stereocenters. The predicted molar refractivity (Wildman–Crippen MR) is 113 cm³/mol. The Kier molecular flexibility index (Phi) is 6.51. The number of carbonyl (C=O) groups excluding carboxylic acids is 2. The van der Waals surface area contributed by atoms with Crippen LogP contribution in [0, 0.1) is 5.82 Å². The minimum Gasteiger partial charge on any atom is -0.490 e. The molecule has 0 saturated heterocycles. The molecule has 32 heavy (non-hydrogen) atoms. The molecule has 9 nitrogen and oxygen atoms in total. The number of amides is 1. The van der Waals surface area contributed by atoms with Gasteiger partial charge in [-0.15, -0.1) is 0 Å². The van der Waals surface area contributed by atoms with Crippen LogP contribution in [0.2, 0.25) is 0 Å². The number of ether oxygens (including phenoxy) is 2. The number of halogens is 1. The first-order chi connectivity index (χ1) is 15.0. The third-order valence-corrected chi connectivity index (χ3v) is 5.81. The summed E-state index contributed by atoms with van der Waals surface area (Å²) in [4.78, 5) is 23.7. The Labute approximate surface area is 183 Å². The van der Waals surface area contributed by atoms with Crippen LogP contribution in [-0.4, -0.2) is 33.1 Å². The van der Waals surface area contributed by atoms with E-state index in [1.165, 1.54) is 24.3 Å². The molecule has 0 aliphatic rings. The van der Waals surface area contributed by atoms with Crippen molar-refractivity contribution >= 4 is 33.1 Å². The number of fused-ring (bicyclic) bond motifs is 1. The molecular weight excluding hydrogens is 443 g/mol. The Morgan fingerprint density at radius 1 is 1.19 bits per heavy atom. The summed E-state index contributed by atoms with van der Waals surface area (Å²) >= 11 is 0. The van der Waals surface area contributed by atoms with E-state index in [0.717, 1.165) is 12.1 Å². The number of hydrogen-bond acceptors (Lipinski definition) is 7. The van der Waals surface area contributed by atoms with Crippen molar-refractivity contribution in [3.05, 3.63) is 47.8 Å². The van der Waals surface area contributed by atoms with Crippen LogP contribution in [0.15, 0.2) is 45.7 Å². The second-order valence-corrected chi connectivity index (χ2v) is 8.72. The van der Waals surface area contributed by atoms with Gasteiger partial charge in [-0.3, -0.25) is 0 Å². The quantitative estimate of drug-likeness (QED) is 0.403. The Bertz CT molecular complexity index is 1280. The van der Waals surface area contributed by atoms with E-state index in [2.05, 4.69) is 9.46 Å². The van der Waals surface area contributed by atoms with Crippen molar-refractivity contribution in [1.29, 1.82) is 0 Å². The highest BCUT2D eigenvalue weighted by atomic mass is 32.2. The summed E-state index contributed by atoms with van der Waals surface area (Å²) in [5.41, 5.74) is 5.10. The Hall–Kier alpha value is -3.44. The van der Waals surface area contributed by atoms with E-state index >= 15 is 0 Å². The van der Waals surface area contributed by atoms with Gasteiger partial charge >= 0.3 is 12.1 Å². The number of carbonyl (C=O) groups is 2. The molecule has 3 rings (SSSR count). The van der Waals surface area contributed by atoms with E-state index < -0.39 is 34.0 Å². The van der Waals surface area contributed by atoms with Crippen LogP contribution < -0.4 is 15.2 Å². The van der Waals surface area contributed by atoms with Crippen LogP contribution in [0.4, 0.5) is 9.18 Å². The number of sulfonamides is 1. The summed E-state index contributed by atoms with van der Waals surface area (Å²) in [6.45, 7) is 5.16. The highest BCUT2D eigenvalue weighted by Gasteiger charge is 2.29. The molecule has 0 fully saturated rings. The maximum absolute atomic E-state index is 13.4. The third kappa shape index (κ3) is 4.73. The molecule has 11 heteroatoms. The lowest BCUT2D eigenvalue weighted by molar-refractivity contribution is 0.0640. The van der Waals surface area contributed by atoms with Crippen molar-refractivity contribution in [2.45, 2.75) is 31.8 Å². The van der Waals surface area contributed by atoms with Gasteiger partial charge in [0, 0.05) is 23.6 Å². The molecule has 1 heterocycles. The van der Waals surface area contributed by atoms with Crippen LogP contribution in [0.5, 0.6) is 5.75 Å². The Balaban J connectivity index is 2.35. The maximum atomic E-state index is 13.4. The first kappa shape index (κ1) is 23.2. The summed E-state index contributed by atoms with van der Waals surface area (Å²) in [5.74, 6) is -1.72. The van der Waals surface area contributed by atoms with Gasteiger partial charge in [-0.25, -0.2) is 27.1 Å².